The van der Waals surface area contributed by atoms with Crippen molar-refractivity contribution >= 4 is 17.5 Å². The van der Waals surface area contributed by atoms with Crippen LogP contribution in [0.1, 0.15) is 43.1 Å². The summed E-state index contributed by atoms with van der Waals surface area (Å²) < 4.78 is 4.64. The molecule has 21 heavy (non-hydrogen) atoms. The van der Waals surface area contributed by atoms with E-state index in [1.54, 1.807) is 0 Å². The molecule has 1 fully saturated rings. The van der Waals surface area contributed by atoms with Gasteiger partial charge in [0.15, 0.2) is 5.69 Å². The number of pyridine rings is 1. The highest BCUT2D eigenvalue weighted by Crippen LogP contribution is 2.32. The molecular formula is C14H19N3O4. The highest BCUT2D eigenvalue weighted by Gasteiger charge is 2.29. The Balaban J connectivity index is 2.46. The normalized spacial score (nSPS) is 18.4. The fourth-order valence-electron chi connectivity index (χ4n) is 2.72. The van der Waals surface area contributed by atoms with Crippen LogP contribution >= 0.6 is 0 Å². The van der Waals surface area contributed by atoms with Crippen LogP contribution in [0.4, 0.5) is 11.5 Å². The maximum absolute atomic E-state index is 11.6. The zero-order chi connectivity index (χ0) is 15.4. The molecule has 2 rings (SSSR count). The number of esters is 1. The molecule has 1 atom stereocenters. The van der Waals surface area contributed by atoms with Gasteiger partial charge in [-0.1, -0.05) is 6.92 Å². The summed E-state index contributed by atoms with van der Waals surface area (Å²) in [6.45, 7) is 2.77. The second-order valence-corrected chi connectivity index (χ2v) is 5.04. The molecule has 0 saturated carbocycles. The Morgan fingerprint density at radius 2 is 2.29 bits per heavy atom. The smallest absolute Gasteiger partial charge is 0.356 e. The quantitative estimate of drug-likeness (QED) is 0.482. The van der Waals surface area contributed by atoms with Gasteiger partial charge in [-0.05, 0) is 31.7 Å². The van der Waals surface area contributed by atoms with Crippen molar-refractivity contribution in [1.29, 1.82) is 0 Å². The van der Waals surface area contributed by atoms with Crippen molar-refractivity contribution < 1.29 is 14.5 Å². The average molecular weight is 293 g/mol. The van der Waals surface area contributed by atoms with Crippen LogP contribution < -0.4 is 4.90 Å². The number of hydrogen-bond acceptors (Lipinski definition) is 6. The van der Waals surface area contributed by atoms with Gasteiger partial charge >= 0.3 is 11.7 Å². The van der Waals surface area contributed by atoms with Gasteiger partial charge < -0.3 is 9.64 Å². The molecular weight excluding hydrogens is 274 g/mol. The fraction of sp³-hybridized carbons (Fsp3) is 0.571. The number of piperidine rings is 1. The molecule has 7 heteroatoms. The standard InChI is InChI=1S/C14H19N3O4/c1-3-10-6-4-5-9-16(10)13-12(17(19)20)8-7-11(15-13)14(18)21-2/h7-8,10H,3-6,9H2,1-2H3. The summed E-state index contributed by atoms with van der Waals surface area (Å²) in [5.74, 6) is -0.314. The summed E-state index contributed by atoms with van der Waals surface area (Å²) in [4.78, 5) is 28.5. The van der Waals surface area contributed by atoms with Crippen molar-refractivity contribution in [2.24, 2.45) is 0 Å². The molecule has 1 aliphatic rings. The van der Waals surface area contributed by atoms with Gasteiger partial charge in [-0.15, -0.1) is 0 Å². The van der Waals surface area contributed by atoms with Crippen LogP contribution in [0, 0.1) is 10.1 Å². The molecule has 0 aromatic carbocycles. The van der Waals surface area contributed by atoms with E-state index in [1.807, 2.05) is 4.90 Å². The third kappa shape index (κ3) is 3.12. The minimum absolute atomic E-state index is 0.0667. The SMILES string of the molecule is CCC1CCCCN1c1nc(C(=O)OC)ccc1[N+](=O)[O-]. The van der Waals surface area contributed by atoms with Crippen molar-refractivity contribution in [1.82, 2.24) is 4.98 Å². The van der Waals surface area contributed by atoms with Gasteiger partial charge in [-0.25, -0.2) is 9.78 Å². The highest BCUT2D eigenvalue weighted by atomic mass is 16.6. The zero-order valence-corrected chi connectivity index (χ0v) is 12.2. The summed E-state index contributed by atoms with van der Waals surface area (Å²) in [6.07, 6.45) is 3.95. The first-order valence-corrected chi connectivity index (χ1v) is 7.08. The van der Waals surface area contributed by atoms with E-state index in [0.717, 1.165) is 32.2 Å². The molecule has 0 spiro atoms. The van der Waals surface area contributed by atoms with Crippen LogP contribution in [0.5, 0.6) is 0 Å². The number of nitrogens with zero attached hydrogens (tertiary/aromatic N) is 3. The molecule has 1 aromatic rings. The largest absolute Gasteiger partial charge is 0.464 e. The van der Waals surface area contributed by atoms with Gasteiger partial charge in [0.2, 0.25) is 5.82 Å². The Bertz CT molecular complexity index is 547. The Hall–Kier alpha value is -2.18. The molecule has 0 aliphatic carbocycles. The Labute approximate surface area is 123 Å². The van der Waals surface area contributed by atoms with E-state index in [-0.39, 0.29) is 23.2 Å². The Morgan fingerprint density at radius 1 is 1.52 bits per heavy atom. The van der Waals surface area contributed by atoms with Crippen LogP contribution in [0.25, 0.3) is 0 Å². The topological polar surface area (TPSA) is 85.6 Å². The summed E-state index contributed by atoms with van der Waals surface area (Å²) in [6, 6.07) is 2.88. The maximum Gasteiger partial charge on any atom is 0.356 e. The first-order valence-electron chi connectivity index (χ1n) is 7.08. The number of carbonyl (C=O) groups is 1. The number of rotatable bonds is 4. The van der Waals surface area contributed by atoms with Crippen LogP contribution in [0.15, 0.2) is 12.1 Å². The fourth-order valence-corrected chi connectivity index (χ4v) is 2.72. The van der Waals surface area contributed by atoms with E-state index in [9.17, 15) is 14.9 Å². The second kappa shape index (κ2) is 6.51. The third-order valence-corrected chi connectivity index (χ3v) is 3.82. The van der Waals surface area contributed by atoms with Gasteiger partial charge in [-0.3, -0.25) is 10.1 Å². The van der Waals surface area contributed by atoms with E-state index in [2.05, 4.69) is 16.6 Å². The van der Waals surface area contributed by atoms with Gasteiger partial charge in [-0.2, -0.15) is 0 Å². The van der Waals surface area contributed by atoms with E-state index in [1.165, 1.54) is 19.2 Å². The van der Waals surface area contributed by atoms with E-state index in [4.69, 9.17) is 0 Å². The van der Waals surface area contributed by atoms with Gasteiger partial charge in [0.25, 0.3) is 0 Å². The lowest BCUT2D eigenvalue weighted by Crippen LogP contribution is -2.40. The van der Waals surface area contributed by atoms with Gasteiger partial charge in [0.1, 0.15) is 0 Å². The predicted octanol–water partition coefficient (Wildman–Crippen LogP) is 2.55. The number of anilines is 1. The van der Waals surface area contributed by atoms with Crippen molar-refractivity contribution in [2.45, 2.75) is 38.6 Å². The highest BCUT2D eigenvalue weighted by molar-refractivity contribution is 5.88. The van der Waals surface area contributed by atoms with Crippen molar-refractivity contribution in [3.05, 3.63) is 27.9 Å². The molecule has 0 amide bonds. The van der Waals surface area contributed by atoms with Crippen LogP contribution in [0.2, 0.25) is 0 Å². The van der Waals surface area contributed by atoms with Crippen LogP contribution in [-0.4, -0.2) is 35.6 Å². The Kier molecular flexibility index (Phi) is 4.72. The predicted molar refractivity (Wildman–Crippen MR) is 77.5 cm³/mol. The number of nitro groups is 1. The van der Waals surface area contributed by atoms with Gasteiger partial charge in [0.05, 0.1) is 12.0 Å². The average Bonchev–Trinajstić information content (AvgIpc) is 2.53. The molecule has 1 saturated heterocycles. The molecule has 0 bridgehead atoms. The summed E-state index contributed by atoms with van der Waals surface area (Å²) in [7, 11) is 1.26. The molecule has 2 heterocycles. The lowest BCUT2D eigenvalue weighted by Gasteiger charge is -2.35. The summed E-state index contributed by atoms with van der Waals surface area (Å²) in [5, 5.41) is 11.2. The van der Waals surface area contributed by atoms with Gasteiger partial charge in [0, 0.05) is 18.7 Å². The minimum atomic E-state index is -0.587. The summed E-state index contributed by atoms with van der Waals surface area (Å²) in [5.41, 5.74) is 0.0292. The van der Waals surface area contributed by atoms with E-state index in [0.29, 0.717) is 0 Å². The summed E-state index contributed by atoms with van der Waals surface area (Å²) >= 11 is 0. The number of hydrogen-bond donors (Lipinski definition) is 0. The number of methoxy groups -OCH3 is 1. The third-order valence-electron chi connectivity index (χ3n) is 3.82. The molecule has 0 N–H and O–H groups in total. The molecule has 1 aromatic heterocycles. The molecule has 7 nitrogen and oxygen atoms in total. The van der Waals surface area contributed by atoms with Crippen LogP contribution in [0.3, 0.4) is 0 Å². The lowest BCUT2D eigenvalue weighted by molar-refractivity contribution is -0.384. The minimum Gasteiger partial charge on any atom is -0.464 e. The number of carbonyl (C=O) groups excluding carboxylic acids is 1. The zero-order valence-electron chi connectivity index (χ0n) is 12.2. The van der Waals surface area contributed by atoms with Crippen molar-refractivity contribution in [3.8, 4) is 0 Å². The first-order chi connectivity index (χ1) is 10.1. The maximum atomic E-state index is 11.6. The molecule has 1 unspecified atom stereocenters. The number of aromatic nitrogens is 1. The van der Waals surface area contributed by atoms with Crippen LogP contribution in [-0.2, 0) is 4.74 Å². The lowest BCUT2D eigenvalue weighted by atomic mass is 10.00. The van der Waals surface area contributed by atoms with E-state index >= 15 is 0 Å². The first kappa shape index (κ1) is 15.2. The van der Waals surface area contributed by atoms with Crippen molar-refractivity contribution in [2.75, 3.05) is 18.6 Å². The number of ether oxygens (including phenoxy) is 1. The molecule has 114 valence electrons. The molecule has 1 aliphatic heterocycles. The monoisotopic (exact) mass is 293 g/mol. The van der Waals surface area contributed by atoms with Crippen molar-refractivity contribution in [3.63, 3.8) is 0 Å². The Morgan fingerprint density at radius 3 is 2.90 bits per heavy atom. The second-order valence-electron chi connectivity index (χ2n) is 5.04. The van der Waals surface area contributed by atoms with E-state index < -0.39 is 10.9 Å². The molecule has 0 radical (unpaired) electrons.